The molecule has 1 heterocycles. The number of ether oxygens (including phenoxy) is 2. The minimum Gasteiger partial charge on any atom is -0.354 e. The first kappa shape index (κ1) is 21.1. The number of aryl methyl sites for hydroxylation is 1. The van der Waals surface area contributed by atoms with Crippen LogP contribution >= 0.6 is 11.8 Å². The van der Waals surface area contributed by atoms with Crippen LogP contribution in [0.25, 0.3) is 6.08 Å². The number of anilines is 1. The van der Waals surface area contributed by atoms with Gasteiger partial charge < -0.3 is 14.8 Å². The predicted molar refractivity (Wildman–Crippen MR) is 115 cm³/mol. The summed E-state index contributed by atoms with van der Waals surface area (Å²) in [4.78, 5) is 28.6. The number of para-hydroxylation sites is 1. The van der Waals surface area contributed by atoms with Gasteiger partial charge in [0.1, 0.15) is 6.54 Å². The quantitative estimate of drug-likeness (QED) is 0.559. The van der Waals surface area contributed by atoms with Crippen LogP contribution in [0.4, 0.5) is 5.69 Å². The molecule has 2 amide bonds. The number of amides is 2. The Kier molecular flexibility index (Phi) is 7.09. The van der Waals surface area contributed by atoms with E-state index in [-0.39, 0.29) is 24.9 Å². The minimum atomic E-state index is -0.532. The van der Waals surface area contributed by atoms with Gasteiger partial charge in [0.25, 0.3) is 5.91 Å². The van der Waals surface area contributed by atoms with Gasteiger partial charge in [0.15, 0.2) is 6.29 Å². The van der Waals surface area contributed by atoms with Crippen molar-refractivity contribution in [3.8, 4) is 0 Å². The molecule has 0 spiro atoms. The molecule has 29 heavy (non-hydrogen) atoms. The van der Waals surface area contributed by atoms with Gasteiger partial charge >= 0.3 is 0 Å². The van der Waals surface area contributed by atoms with Crippen molar-refractivity contribution < 1.29 is 19.1 Å². The summed E-state index contributed by atoms with van der Waals surface area (Å²) >= 11 is 1.42. The molecule has 1 aliphatic rings. The number of benzene rings is 2. The molecule has 0 aliphatic carbocycles. The Labute approximate surface area is 174 Å². The monoisotopic (exact) mass is 412 g/mol. The van der Waals surface area contributed by atoms with Crippen LogP contribution in [0.2, 0.25) is 0 Å². The topological polar surface area (TPSA) is 67.9 Å². The summed E-state index contributed by atoms with van der Waals surface area (Å²) in [6.45, 7) is 2.14. The molecule has 2 aromatic rings. The SMILES string of the molecule is COC(CNC(=O)CN1C(=O)C(=Cc2ccc(C)cc2)Sc2ccccc21)OC. The lowest BCUT2D eigenvalue weighted by Gasteiger charge is -2.30. The molecule has 0 atom stereocenters. The van der Waals surface area contributed by atoms with Crippen molar-refractivity contribution >= 4 is 35.3 Å². The van der Waals surface area contributed by atoms with Gasteiger partial charge in [-0.05, 0) is 30.7 Å². The Balaban J connectivity index is 1.82. The first-order valence-corrected chi connectivity index (χ1v) is 10.0. The van der Waals surface area contributed by atoms with Crippen LogP contribution in [0.15, 0.2) is 58.3 Å². The van der Waals surface area contributed by atoms with E-state index in [9.17, 15) is 9.59 Å². The third kappa shape index (κ3) is 5.26. The third-order valence-corrected chi connectivity index (χ3v) is 5.58. The second-order valence-corrected chi connectivity index (χ2v) is 7.67. The van der Waals surface area contributed by atoms with E-state index < -0.39 is 6.29 Å². The Hall–Kier alpha value is -2.61. The van der Waals surface area contributed by atoms with Crippen molar-refractivity contribution in [2.75, 3.05) is 32.2 Å². The van der Waals surface area contributed by atoms with Gasteiger partial charge in [0.2, 0.25) is 5.91 Å². The molecule has 152 valence electrons. The molecular formula is C22H24N2O4S. The fraction of sp³-hybridized carbons (Fsp3) is 0.273. The summed E-state index contributed by atoms with van der Waals surface area (Å²) in [6.07, 6.45) is 1.33. The lowest BCUT2D eigenvalue weighted by molar-refractivity contribution is -0.127. The summed E-state index contributed by atoms with van der Waals surface area (Å²) < 4.78 is 10.2. The average Bonchev–Trinajstić information content (AvgIpc) is 2.73. The van der Waals surface area contributed by atoms with Crippen LogP contribution in [0.3, 0.4) is 0 Å². The number of methoxy groups -OCH3 is 2. The first-order valence-electron chi connectivity index (χ1n) is 9.21. The number of hydrogen-bond donors (Lipinski definition) is 1. The van der Waals surface area contributed by atoms with E-state index in [2.05, 4.69) is 5.32 Å². The van der Waals surface area contributed by atoms with Gasteiger partial charge in [-0.3, -0.25) is 14.5 Å². The molecular weight excluding hydrogens is 388 g/mol. The molecule has 2 aromatic carbocycles. The Morgan fingerprint density at radius 1 is 1.14 bits per heavy atom. The number of hydrogen-bond acceptors (Lipinski definition) is 5. The van der Waals surface area contributed by atoms with E-state index in [0.717, 1.165) is 21.7 Å². The molecule has 6 nitrogen and oxygen atoms in total. The van der Waals surface area contributed by atoms with Crippen LogP contribution < -0.4 is 10.2 Å². The standard InChI is InChI=1S/C22H24N2O4S/c1-15-8-10-16(11-9-15)12-19-22(26)24(17-6-4-5-7-18(17)29-19)14-20(25)23-13-21(27-2)28-3/h4-12,21H,13-14H2,1-3H3,(H,23,25). The van der Waals surface area contributed by atoms with Crippen LogP contribution in [-0.2, 0) is 19.1 Å². The van der Waals surface area contributed by atoms with Gasteiger partial charge in [0, 0.05) is 19.1 Å². The van der Waals surface area contributed by atoms with Crippen molar-refractivity contribution in [2.45, 2.75) is 18.1 Å². The van der Waals surface area contributed by atoms with Gasteiger partial charge in [-0.1, -0.05) is 53.7 Å². The summed E-state index contributed by atoms with van der Waals surface area (Å²) in [7, 11) is 3.01. The maximum Gasteiger partial charge on any atom is 0.265 e. The number of fused-ring (bicyclic) bond motifs is 1. The Morgan fingerprint density at radius 2 is 1.83 bits per heavy atom. The van der Waals surface area contributed by atoms with Crippen LogP contribution in [0.5, 0.6) is 0 Å². The third-order valence-electron chi connectivity index (χ3n) is 4.50. The van der Waals surface area contributed by atoms with E-state index >= 15 is 0 Å². The number of carbonyl (C=O) groups excluding carboxylic acids is 2. The second-order valence-electron chi connectivity index (χ2n) is 6.59. The fourth-order valence-corrected chi connectivity index (χ4v) is 3.95. The van der Waals surface area contributed by atoms with Gasteiger partial charge in [0.05, 0.1) is 17.1 Å². The zero-order valence-corrected chi connectivity index (χ0v) is 17.5. The van der Waals surface area contributed by atoms with Crippen LogP contribution in [-0.4, -0.2) is 45.4 Å². The smallest absolute Gasteiger partial charge is 0.265 e. The molecule has 0 radical (unpaired) electrons. The Morgan fingerprint density at radius 3 is 2.52 bits per heavy atom. The molecule has 0 aromatic heterocycles. The number of carbonyl (C=O) groups is 2. The Bertz CT molecular complexity index is 907. The minimum absolute atomic E-state index is 0.0816. The number of nitrogens with zero attached hydrogens (tertiary/aromatic N) is 1. The largest absolute Gasteiger partial charge is 0.354 e. The first-order chi connectivity index (χ1) is 14.0. The van der Waals surface area contributed by atoms with Crippen LogP contribution in [0.1, 0.15) is 11.1 Å². The molecule has 3 rings (SSSR count). The van der Waals surface area contributed by atoms with E-state index in [4.69, 9.17) is 9.47 Å². The summed E-state index contributed by atoms with van der Waals surface area (Å²) in [6, 6.07) is 15.5. The predicted octanol–water partition coefficient (Wildman–Crippen LogP) is 3.21. The van der Waals surface area contributed by atoms with Crippen molar-refractivity contribution in [3.05, 3.63) is 64.6 Å². The van der Waals surface area contributed by atoms with Crippen molar-refractivity contribution in [1.29, 1.82) is 0 Å². The van der Waals surface area contributed by atoms with Gasteiger partial charge in [-0.25, -0.2) is 0 Å². The maximum atomic E-state index is 13.2. The molecule has 0 unspecified atom stereocenters. The van der Waals surface area contributed by atoms with E-state index in [1.165, 1.54) is 30.9 Å². The average molecular weight is 413 g/mol. The molecule has 0 saturated carbocycles. The molecule has 1 aliphatic heterocycles. The highest BCUT2D eigenvalue weighted by atomic mass is 32.2. The number of rotatable bonds is 7. The summed E-state index contributed by atoms with van der Waals surface area (Å²) in [5, 5.41) is 2.74. The van der Waals surface area contributed by atoms with Crippen molar-refractivity contribution in [1.82, 2.24) is 5.32 Å². The molecule has 0 bridgehead atoms. The molecule has 7 heteroatoms. The highest BCUT2D eigenvalue weighted by Gasteiger charge is 2.30. The summed E-state index contributed by atoms with van der Waals surface area (Å²) in [5.41, 5.74) is 2.83. The van der Waals surface area contributed by atoms with E-state index in [0.29, 0.717) is 4.91 Å². The van der Waals surface area contributed by atoms with Crippen LogP contribution in [0, 0.1) is 6.92 Å². The van der Waals surface area contributed by atoms with E-state index in [1.807, 2.05) is 61.5 Å². The zero-order valence-electron chi connectivity index (χ0n) is 16.7. The second kappa shape index (κ2) is 9.73. The number of thioether (sulfide) groups is 1. The molecule has 0 saturated heterocycles. The highest BCUT2D eigenvalue weighted by Crippen LogP contribution is 2.41. The van der Waals surface area contributed by atoms with Gasteiger partial charge in [-0.2, -0.15) is 0 Å². The van der Waals surface area contributed by atoms with E-state index in [1.54, 1.807) is 0 Å². The zero-order chi connectivity index (χ0) is 20.8. The van der Waals surface area contributed by atoms with Gasteiger partial charge in [-0.15, -0.1) is 0 Å². The maximum absolute atomic E-state index is 13.2. The highest BCUT2D eigenvalue weighted by molar-refractivity contribution is 8.04. The fourth-order valence-electron chi connectivity index (χ4n) is 2.89. The lowest BCUT2D eigenvalue weighted by Crippen LogP contribution is -2.44. The summed E-state index contributed by atoms with van der Waals surface area (Å²) in [5.74, 6) is -0.478. The lowest BCUT2D eigenvalue weighted by atomic mass is 10.1. The molecule has 1 N–H and O–H groups in total. The normalized spacial score (nSPS) is 15.0. The van der Waals surface area contributed by atoms with Crippen molar-refractivity contribution in [3.63, 3.8) is 0 Å². The van der Waals surface area contributed by atoms with Crippen molar-refractivity contribution in [2.24, 2.45) is 0 Å². The number of nitrogens with one attached hydrogen (secondary N) is 1. The molecule has 0 fully saturated rings.